The number of likely N-dealkylation sites (N-methyl/N-ethyl adjacent to an activating group) is 2. The zero-order chi connectivity index (χ0) is 18.4. The molecule has 0 aliphatic carbocycles. The van der Waals surface area contributed by atoms with Crippen molar-refractivity contribution in [1.29, 1.82) is 0 Å². The van der Waals surface area contributed by atoms with Crippen LogP contribution in [0, 0.1) is 0 Å². The fourth-order valence-electron chi connectivity index (χ4n) is 2.43. The molecule has 0 unspecified atom stereocenters. The van der Waals surface area contributed by atoms with Crippen LogP contribution in [0.5, 0.6) is 0 Å². The predicted octanol–water partition coefficient (Wildman–Crippen LogP) is 1.17. The summed E-state index contributed by atoms with van der Waals surface area (Å²) in [4.78, 5) is 39.7. The zero-order valence-corrected chi connectivity index (χ0v) is 14.7. The van der Waals surface area contributed by atoms with Gasteiger partial charge in [-0.1, -0.05) is 18.2 Å². The number of para-hydroxylation sites is 1. The highest BCUT2D eigenvalue weighted by Crippen LogP contribution is 2.05. The molecule has 2 rings (SSSR count). The average molecular weight is 342 g/mol. The molecule has 0 spiro atoms. The third-order valence-electron chi connectivity index (χ3n) is 3.86. The molecule has 1 aromatic heterocycles. The van der Waals surface area contributed by atoms with E-state index in [-0.39, 0.29) is 23.7 Å². The summed E-state index contributed by atoms with van der Waals surface area (Å²) in [6, 6.07) is 11.5. The van der Waals surface area contributed by atoms with Crippen LogP contribution >= 0.6 is 0 Å². The van der Waals surface area contributed by atoms with Crippen LogP contribution in [-0.4, -0.2) is 58.1 Å². The Kier molecular flexibility index (Phi) is 6.05. The lowest BCUT2D eigenvalue weighted by Crippen LogP contribution is -2.41. The first kappa shape index (κ1) is 18.4. The summed E-state index contributed by atoms with van der Waals surface area (Å²) in [5, 5.41) is 4.14. The predicted molar refractivity (Wildman–Crippen MR) is 94.7 cm³/mol. The molecule has 2 aromatic rings. The van der Waals surface area contributed by atoms with Crippen LogP contribution in [0.1, 0.15) is 24.3 Å². The van der Waals surface area contributed by atoms with E-state index in [2.05, 4.69) is 5.10 Å². The first-order chi connectivity index (χ1) is 12.0. The van der Waals surface area contributed by atoms with Crippen LogP contribution < -0.4 is 5.56 Å². The van der Waals surface area contributed by atoms with Gasteiger partial charge in [-0.05, 0) is 32.0 Å². The van der Waals surface area contributed by atoms with Crippen molar-refractivity contribution in [2.24, 2.45) is 0 Å². The number of carbonyl (C=O) groups is 2. The number of benzene rings is 1. The monoisotopic (exact) mass is 342 g/mol. The van der Waals surface area contributed by atoms with Gasteiger partial charge in [-0.25, -0.2) is 0 Å². The Morgan fingerprint density at radius 1 is 1.04 bits per heavy atom. The minimum absolute atomic E-state index is 0.0351. The van der Waals surface area contributed by atoms with Gasteiger partial charge in [0.2, 0.25) is 5.91 Å². The largest absolute Gasteiger partial charge is 0.342 e. The van der Waals surface area contributed by atoms with E-state index < -0.39 is 5.91 Å². The van der Waals surface area contributed by atoms with Gasteiger partial charge in [0.25, 0.3) is 11.5 Å². The van der Waals surface area contributed by atoms with E-state index in [0.29, 0.717) is 18.8 Å². The quantitative estimate of drug-likeness (QED) is 0.790. The second-order valence-electron chi connectivity index (χ2n) is 5.53. The first-order valence-electron chi connectivity index (χ1n) is 8.17. The van der Waals surface area contributed by atoms with E-state index >= 15 is 0 Å². The second-order valence-corrected chi connectivity index (χ2v) is 5.53. The normalized spacial score (nSPS) is 10.4. The van der Waals surface area contributed by atoms with E-state index in [1.165, 1.54) is 21.7 Å². The van der Waals surface area contributed by atoms with Crippen molar-refractivity contribution in [3.63, 3.8) is 0 Å². The van der Waals surface area contributed by atoms with Gasteiger partial charge in [0, 0.05) is 26.2 Å². The molecule has 132 valence electrons. The van der Waals surface area contributed by atoms with Gasteiger partial charge >= 0.3 is 0 Å². The molecule has 0 N–H and O–H groups in total. The highest BCUT2D eigenvalue weighted by Gasteiger charge is 2.19. The molecule has 1 heterocycles. The Hall–Kier alpha value is -2.96. The summed E-state index contributed by atoms with van der Waals surface area (Å²) in [6.07, 6.45) is 0. The summed E-state index contributed by atoms with van der Waals surface area (Å²) >= 11 is 0. The van der Waals surface area contributed by atoms with Crippen molar-refractivity contribution in [3.8, 4) is 5.69 Å². The van der Waals surface area contributed by atoms with Crippen LogP contribution in [0.4, 0.5) is 0 Å². The minimum Gasteiger partial charge on any atom is -0.342 e. The van der Waals surface area contributed by atoms with Gasteiger partial charge in [-0.2, -0.15) is 9.78 Å². The Morgan fingerprint density at radius 3 is 2.28 bits per heavy atom. The molecule has 7 nitrogen and oxygen atoms in total. The van der Waals surface area contributed by atoms with Crippen LogP contribution in [-0.2, 0) is 4.79 Å². The highest BCUT2D eigenvalue weighted by atomic mass is 16.2. The lowest BCUT2D eigenvalue weighted by molar-refractivity contribution is -0.131. The minimum atomic E-state index is -0.412. The van der Waals surface area contributed by atoms with E-state index in [9.17, 15) is 14.4 Å². The maximum absolute atomic E-state index is 12.6. The SMILES string of the molecule is CCN(CC)C(=O)CN(C)C(=O)c1ccc(=O)n(-c2ccccc2)n1. The van der Waals surface area contributed by atoms with Gasteiger partial charge in [0.05, 0.1) is 12.2 Å². The zero-order valence-electron chi connectivity index (χ0n) is 14.7. The van der Waals surface area contributed by atoms with Crippen LogP contribution in [0.2, 0.25) is 0 Å². The van der Waals surface area contributed by atoms with Crippen molar-refractivity contribution < 1.29 is 9.59 Å². The second kappa shape index (κ2) is 8.23. The number of rotatable bonds is 6. The van der Waals surface area contributed by atoms with Gasteiger partial charge in [-0.3, -0.25) is 14.4 Å². The third-order valence-corrected chi connectivity index (χ3v) is 3.86. The maximum atomic E-state index is 12.6. The Bertz CT molecular complexity index is 797. The van der Waals surface area contributed by atoms with Gasteiger partial charge in [0.1, 0.15) is 5.69 Å². The number of aromatic nitrogens is 2. The number of carbonyl (C=O) groups excluding carboxylic acids is 2. The highest BCUT2D eigenvalue weighted by molar-refractivity contribution is 5.94. The van der Waals surface area contributed by atoms with Crippen LogP contribution in [0.15, 0.2) is 47.3 Å². The maximum Gasteiger partial charge on any atom is 0.274 e. The summed E-state index contributed by atoms with van der Waals surface area (Å²) in [5.74, 6) is -0.539. The molecule has 1 aromatic carbocycles. The summed E-state index contributed by atoms with van der Waals surface area (Å²) in [6.45, 7) is 4.93. The van der Waals surface area contributed by atoms with Crippen molar-refractivity contribution in [2.75, 3.05) is 26.7 Å². The Labute approximate surface area is 146 Å². The number of hydrogen-bond donors (Lipinski definition) is 0. The van der Waals surface area contributed by atoms with Crippen LogP contribution in [0.25, 0.3) is 5.69 Å². The van der Waals surface area contributed by atoms with Crippen molar-refractivity contribution >= 4 is 11.8 Å². The molecule has 0 radical (unpaired) electrons. The van der Waals surface area contributed by atoms with Gasteiger partial charge in [0.15, 0.2) is 0 Å². The Morgan fingerprint density at radius 2 is 1.68 bits per heavy atom. The van der Waals surface area contributed by atoms with E-state index in [0.717, 1.165) is 0 Å². The molecular weight excluding hydrogens is 320 g/mol. The summed E-state index contributed by atoms with van der Waals surface area (Å²) < 4.78 is 1.17. The van der Waals surface area contributed by atoms with Crippen LogP contribution in [0.3, 0.4) is 0 Å². The molecule has 0 aliphatic rings. The van der Waals surface area contributed by atoms with E-state index in [4.69, 9.17) is 0 Å². The molecule has 2 amide bonds. The molecule has 0 aliphatic heterocycles. The average Bonchev–Trinajstić information content (AvgIpc) is 2.63. The number of hydrogen-bond acceptors (Lipinski definition) is 4. The Balaban J connectivity index is 2.22. The lowest BCUT2D eigenvalue weighted by Gasteiger charge is -2.23. The fourth-order valence-corrected chi connectivity index (χ4v) is 2.43. The standard InChI is InChI=1S/C18H22N4O3/c1-4-21(5-2)17(24)13-20(3)18(25)15-11-12-16(23)22(19-15)14-9-7-6-8-10-14/h6-12H,4-5,13H2,1-3H3. The molecule has 0 atom stereocenters. The lowest BCUT2D eigenvalue weighted by atomic mass is 10.3. The van der Waals surface area contributed by atoms with Gasteiger partial charge in [-0.15, -0.1) is 0 Å². The topological polar surface area (TPSA) is 75.5 Å². The van der Waals surface area contributed by atoms with Crippen molar-refractivity contribution in [1.82, 2.24) is 19.6 Å². The molecule has 0 fully saturated rings. The van der Waals surface area contributed by atoms with E-state index in [1.54, 1.807) is 36.2 Å². The number of nitrogens with zero attached hydrogens (tertiary/aromatic N) is 4. The van der Waals surface area contributed by atoms with Crippen molar-refractivity contribution in [2.45, 2.75) is 13.8 Å². The van der Waals surface area contributed by atoms with Crippen molar-refractivity contribution in [3.05, 3.63) is 58.5 Å². The molecule has 0 saturated carbocycles. The molecule has 25 heavy (non-hydrogen) atoms. The molecular formula is C18H22N4O3. The first-order valence-corrected chi connectivity index (χ1v) is 8.17. The summed E-state index contributed by atoms with van der Waals surface area (Å²) in [5.41, 5.74) is 0.354. The molecule has 0 bridgehead atoms. The third kappa shape index (κ3) is 4.32. The van der Waals surface area contributed by atoms with Gasteiger partial charge < -0.3 is 9.80 Å². The molecule has 7 heteroatoms. The molecule has 0 saturated heterocycles. The number of amides is 2. The summed E-state index contributed by atoms with van der Waals surface area (Å²) in [7, 11) is 1.55. The smallest absolute Gasteiger partial charge is 0.274 e. The van der Waals surface area contributed by atoms with E-state index in [1.807, 2.05) is 19.9 Å². The fraction of sp³-hybridized carbons (Fsp3) is 0.333.